The van der Waals surface area contributed by atoms with Crippen LogP contribution in [-0.4, -0.2) is 39.3 Å². The van der Waals surface area contributed by atoms with Crippen LogP contribution in [0.3, 0.4) is 0 Å². The average molecular weight is 345 g/mol. The Balaban J connectivity index is 2.87. The Bertz CT molecular complexity index is 450. The summed E-state index contributed by atoms with van der Waals surface area (Å²) < 4.78 is 11.7. The van der Waals surface area contributed by atoms with E-state index in [0.717, 1.165) is 34.6 Å². The third-order valence-corrected chi connectivity index (χ3v) is 3.98. The van der Waals surface area contributed by atoms with Gasteiger partial charge in [0.1, 0.15) is 0 Å². The number of hydrogen-bond acceptors (Lipinski definition) is 4. The van der Waals surface area contributed by atoms with Crippen LogP contribution in [0.4, 0.5) is 0 Å². The number of nitrogens with two attached hydrogens (primary N) is 1. The topological polar surface area (TPSA) is 47.7 Å². The molecule has 0 spiro atoms. The van der Waals surface area contributed by atoms with Gasteiger partial charge in [0, 0.05) is 17.6 Å². The first kappa shape index (κ1) is 17.3. The molecular formula is C15H25BrN2O2. The van der Waals surface area contributed by atoms with Crippen molar-refractivity contribution in [2.24, 2.45) is 11.1 Å². The first-order valence-electron chi connectivity index (χ1n) is 6.62. The fraction of sp³-hybridized carbons (Fsp3) is 0.600. The number of methoxy groups -OCH3 is 2. The van der Waals surface area contributed by atoms with Gasteiger partial charge in [-0.25, -0.2) is 0 Å². The molecule has 0 fully saturated rings. The maximum atomic E-state index is 5.79. The van der Waals surface area contributed by atoms with Crippen LogP contribution in [0, 0.1) is 5.41 Å². The van der Waals surface area contributed by atoms with E-state index in [1.807, 2.05) is 12.1 Å². The Labute approximate surface area is 130 Å². The molecule has 5 heteroatoms. The van der Waals surface area contributed by atoms with E-state index in [2.05, 4.69) is 41.7 Å². The highest BCUT2D eigenvalue weighted by atomic mass is 79.9. The number of nitrogens with zero attached hydrogens (tertiary/aromatic N) is 1. The molecule has 1 aromatic carbocycles. The number of halogens is 1. The Hall–Kier alpha value is -0.780. The number of benzene rings is 1. The highest BCUT2D eigenvalue weighted by molar-refractivity contribution is 9.10. The van der Waals surface area contributed by atoms with Crippen LogP contribution in [-0.2, 0) is 6.54 Å². The van der Waals surface area contributed by atoms with Gasteiger partial charge in [-0.15, -0.1) is 0 Å². The summed E-state index contributed by atoms with van der Waals surface area (Å²) in [5.74, 6) is 1.48. The molecule has 0 saturated carbocycles. The van der Waals surface area contributed by atoms with Crippen LogP contribution in [0.5, 0.6) is 11.5 Å². The van der Waals surface area contributed by atoms with Crippen LogP contribution >= 0.6 is 15.9 Å². The SMILES string of the molecule is COc1cc(Br)c(CN(C)CC(C)(C)CN)cc1OC. The lowest BCUT2D eigenvalue weighted by atomic mass is 9.93. The second kappa shape index (κ2) is 7.29. The van der Waals surface area contributed by atoms with Crippen molar-refractivity contribution in [3.8, 4) is 11.5 Å². The lowest BCUT2D eigenvalue weighted by molar-refractivity contribution is 0.209. The summed E-state index contributed by atoms with van der Waals surface area (Å²) in [6.07, 6.45) is 0. The van der Waals surface area contributed by atoms with Crippen LogP contribution in [0.15, 0.2) is 16.6 Å². The Kier molecular flexibility index (Phi) is 6.30. The largest absolute Gasteiger partial charge is 0.493 e. The molecule has 1 rings (SSSR count). The third-order valence-electron chi connectivity index (χ3n) is 3.24. The molecule has 0 atom stereocenters. The summed E-state index contributed by atoms with van der Waals surface area (Å²) in [5.41, 5.74) is 7.06. The van der Waals surface area contributed by atoms with E-state index in [-0.39, 0.29) is 5.41 Å². The zero-order valence-electron chi connectivity index (χ0n) is 13.0. The normalized spacial score (nSPS) is 11.8. The highest BCUT2D eigenvalue weighted by Gasteiger charge is 2.19. The molecule has 2 N–H and O–H groups in total. The van der Waals surface area contributed by atoms with Crippen molar-refractivity contribution in [2.45, 2.75) is 20.4 Å². The summed E-state index contributed by atoms with van der Waals surface area (Å²) in [5, 5.41) is 0. The second-order valence-electron chi connectivity index (χ2n) is 5.84. The fourth-order valence-corrected chi connectivity index (χ4v) is 2.61. The van der Waals surface area contributed by atoms with Crippen molar-refractivity contribution in [1.82, 2.24) is 4.90 Å². The van der Waals surface area contributed by atoms with E-state index in [1.165, 1.54) is 0 Å². The molecule has 0 heterocycles. The van der Waals surface area contributed by atoms with Gasteiger partial charge in [-0.2, -0.15) is 0 Å². The molecule has 0 aromatic heterocycles. The molecule has 0 saturated heterocycles. The van der Waals surface area contributed by atoms with E-state index in [1.54, 1.807) is 14.2 Å². The summed E-state index contributed by atoms with van der Waals surface area (Å²) in [7, 11) is 5.39. The second-order valence-corrected chi connectivity index (χ2v) is 6.69. The maximum Gasteiger partial charge on any atom is 0.161 e. The van der Waals surface area contributed by atoms with E-state index < -0.39 is 0 Å². The molecule has 0 bridgehead atoms. The average Bonchev–Trinajstić information content (AvgIpc) is 2.39. The van der Waals surface area contributed by atoms with Crippen LogP contribution in [0.25, 0.3) is 0 Å². The van der Waals surface area contributed by atoms with Crippen molar-refractivity contribution in [3.63, 3.8) is 0 Å². The number of rotatable bonds is 7. The zero-order chi connectivity index (χ0) is 15.3. The minimum Gasteiger partial charge on any atom is -0.493 e. The molecule has 4 nitrogen and oxygen atoms in total. The van der Waals surface area contributed by atoms with Gasteiger partial charge >= 0.3 is 0 Å². The number of hydrogen-bond donors (Lipinski definition) is 1. The lowest BCUT2D eigenvalue weighted by Gasteiger charge is -2.29. The van der Waals surface area contributed by atoms with E-state index in [4.69, 9.17) is 15.2 Å². The lowest BCUT2D eigenvalue weighted by Crippen LogP contribution is -2.36. The van der Waals surface area contributed by atoms with Crippen molar-refractivity contribution in [3.05, 3.63) is 22.2 Å². The maximum absolute atomic E-state index is 5.79. The minimum atomic E-state index is 0.109. The first-order chi connectivity index (χ1) is 9.32. The molecule has 1 aromatic rings. The summed E-state index contributed by atoms with van der Waals surface area (Å²) in [6.45, 7) is 6.78. The highest BCUT2D eigenvalue weighted by Crippen LogP contribution is 2.34. The molecular weight excluding hydrogens is 320 g/mol. The predicted molar refractivity (Wildman–Crippen MR) is 86.4 cm³/mol. The molecule has 114 valence electrons. The van der Waals surface area contributed by atoms with Crippen molar-refractivity contribution in [2.75, 3.05) is 34.4 Å². The van der Waals surface area contributed by atoms with Gasteiger partial charge in [0.2, 0.25) is 0 Å². The van der Waals surface area contributed by atoms with Crippen LogP contribution < -0.4 is 15.2 Å². The van der Waals surface area contributed by atoms with Gasteiger partial charge in [0.25, 0.3) is 0 Å². The summed E-state index contributed by atoms with van der Waals surface area (Å²) >= 11 is 3.59. The van der Waals surface area contributed by atoms with Crippen LogP contribution in [0.1, 0.15) is 19.4 Å². The van der Waals surface area contributed by atoms with Gasteiger partial charge in [-0.1, -0.05) is 29.8 Å². The van der Waals surface area contributed by atoms with Crippen molar-refractivity contribution >= 4 is 15.9 Å². The monoisotopic (exact) mass is 344 g/mol. The quantitative estimate of drug-likeness (QED) is 0.826. The van der Waals surface area contributed by atoms with Gasteiger partial charge in [-0.05, 0) is 36.7 Å². The zero-order valence-corrected chi connectivity index (χ0v) is 14.6. The molecule has 0 aliphatic rings. The first-order valence-corrected chi connectivity index (χ1v) is 7.41. The Morgan fingerprint density at radius 2 is 1.75 bits per heavy atom. The molecule has 0 amide bonds. The van der Waals surface area contributed by atoms with Gasteiger partial charge < -0.3 is 20.1 Å². The van der Waals surface area contributed by atoms with Crippen molar-refractivity contribution < 1.29 is 9.47 Å². The van der Waals surface area contributed by atoms with E-state index in [0.29, 0.717) is 6.54 Å². The standard InChI is InChI=1S/C15H25BrN2O2/c1-15(2,9-17)10-18(3)8-11-6-13(19-4)14(20-5)7-12(11)16/h6-7H,8-10,17H2,1-5H3. The molecule has 20 heavy (non-hydrogen) atoms. The molecule has 0 unspecified atom stereocenters. The van der Waals surface area contributed by atoms with E-state index in [9.17, 15) is 0 Å². The fourth-order valence-electron chi connectivity index (χ4n) is 2.16. The predicted octanol–water partition coefficient (Wildman–Crippen LogP) is 2.88. The van der Waals surface area contributed by atoms with Gasteiger partial charge in [0.15, 0.2) is 11.5 Å². The molecule has 0 radical (unpaired) electrons. The molecule has 0 aliphatic carbocycles. The molecule has 0 aliphatic heterocycles. The van der Waals surface area contributed by atoms with Crippen molar-refractivity contribution in [1.29, 1.82) is 0 Å². The number of ether oxygens (including phenoxy) is 2. The third kappa shape index (κ3) is 4.65. The summed E-state index contributed by atoms with van der Waals surface area (Å²) in [4.78, 5) is 2.26. The van der Waals surface area contributed by atoms with Gasteiger partial charge in [-0.3, -0.25) is 0 Å². The summed E-state index contributed by atoms with van der Waals surface area (Å²) in [6, 6.07) is 3.95. The Morgan fingerprint density at radius 3 is 2.25 bits per heavy atom. The Morgan fingerprint density at radius 1 is 1.20 bits per heavy atom. The van der Waals surface area contributed by atoms with Gasteiger partial charge in [0.05, 0.1) is 14.2 Å². The van der Waals surface area contributed by atoms with E-state index >= 15 is 0 Å². The smallest absolute Gasteiger partial charge is 0.161 e. The minimum absolute atomic E-state index is 0.109. The van der Waals surface area contributed by atoms with Crippen LogP contribution in [0.2, 0.25) is 0 Å².